The average molecular weight is 625 g/mol. The highest BCUT2D eigenvalue weighted by Crippen LogP contribution is 2.56. The van der Waals surface area contributed by atoms with E-state index in [4.69, 9.17) is 31.3 Å². The van der Waals surface area contributed by atoms with E-state index in [1.54, 1.807) is 0 Å². The normalized spacial score (nSPS) is 30.8. The lowest BCUT2D eigenvalue weighted by atomic mass is 9.55. The van der Waals surface area contributed by atoms with E-state index >= 15 is 0 Å². The predicted molar refractivity (Wildman–Crippen MR) is 147 cm³/mol. The number of likely N-dealkylation sites (N-methyl/N-ethyl adjacent to an activating group) is 1. The summed E-state index contributed by atoms with van der Waals surface area (Å²) in [5, 5.41) is 98.6. The first kappa shape index (κ1) is 34.7. The Kier molecular flexibility index (Phi) is 9.74. The Hall–Kier alpha value is -3.74. The Morgan fingerprint density at radius 3 is 2.18 bits per heavy atom. The minimum atomic E-state index is -2.75. The van der Waals surface area contributed by atoms with Crippen molar-refractivity contribution in [1.82, 2.24) is 4.90 Å². The molecule has 4 rings (SSSR count). The molecule has 0 saturated carbocycles. The van der Waals surface area contributed by atoms with Crippen LogP contribution in [0.4, 0.5) is 0 Å². The van der Waals surface area contributed by atoms with E-state index in [1.807, 2.05) is 0 Å². The Morgan fingerprint density at radius 1 is 1.09 bits per heavy atom. The van der Waals surface area contributed by atoms with Gasteiger partial charge in [-0.15, -0.1) is 0 Å². The summed E-state index contributed by atoms with van der Waals surface area (Å²) in [6.45, 7) is 0.643. The van der Waals surface area contributed by atoms with Crippen LogP contribution < -0.4 is 5.73 Å². The number of aliphatic hydroxyl groups excluding tert-OH is 7. The molecule has 242 valence electrons. The van der Waals surface area contributed by atoms with Crippen LogP contribution >= 0.6 is 0 Å². The second-order valence-electron chi connectivity index (χ2n) is 11.3. The second kappa shape index (κ2) is 12.3. The SMILES string of the molecule is CN(C)[C@@H]1C(O)=C(C(N)=O)C(=O)[C@@]2(O)C(O)=C3C(=O)c4c(O)cccc4[C@@](C)(O)[C@H]3C[C@@H]12.O=C[C@H](O)[C@@H](O)[C@H](O)[C@H](O)CO. The van der Waals surface area contributed by atoms with Crippen LogP contribution in [0.25, 0.3) is 0 Å². The van der Waals surface area contributed by atoms with Crippen LogP contribution in [0.5, 0.6) is 5.75 Å². The molecule has 16 heteroatoms. The number of rotatable bonds is 7. The number of fused-ring (bicyclic) bond motifs is 3. The molecule has 0 radical (unpaired) electrons. The van der Waals surface area contributed by atoms with Crippen LogP contribution in [0.15, 0.2) is 40.9 Å². The quantitative estimate of drug-likeness (QED) is 0.103. The zero-order valence-corrected chi connectivity index (χ0v) is 23.9. The smallest absolute Gasteiger partial charge is 0.255 e. The van der Waals surface area contributed by atoms with Gasteiger partial charge in [-0.3, -0.25) is 19.3 Å². The first-order valence-corrected chi connectivity index (χ1v) is 13.3. The molecule has 0 unspecified atom stereocenters. The van der Waals surface area contributed by atoms with Gasteiger partial charge in [0.05, 0.1) is 23.8 Å². The molecule has 0 bridgehead atoms. The maximum absolute atomic E-state index is 13.3. The Labute approximate surface area is 250 Å². The summed E-state index contributed by atoms with van der Waals surface area (Å²) in [7, 11) is 3.06. The summed E-state index contributed by atoms with van der Waals surface area (Å²) in [6.07, 6.45) is -7.04. The van der Waals surface area contributed by atoms with Gasteiger partial charge in [-0.05, 0) is 39.1 Å². The van der Waals surface area contributed by atoms with Crippen molar-refractivity contribution >= 4 is 23.8 Å². The molecule has 44 heavy (non-hydrogen) atoms. The number of aromatic hydroxyl groups is 1. The number of nitrogens with zero attached hydrogens (tertiary/aromatic N) is 1. The number of hydrogen-bond acceptors (Lipinski definition) is 15. The molecule has 1 aromatic carbocycles. The number of Topliss-reactive ketones (excluding diaryl/α,β-unsaturated/α-hetero) is 2. The van der Waals surface area contributed by atoms with Crippen LogP contribution in [-0.2, 0) is 20.0 Å². The van der Waals surface area contributed by atoms with Crippen LogP contribution in [0.2, 0.25) is 0 Å². The van der Waals surface area contributed by atoms with Gasteiger partial charge in [-0.1, -0.05) is 12.1 Å². The fraction of sp³-hybridized carbons (Fsp3) is 0.500. The van der Waals surface area contributed by atoms with E-state index in [1.165, 1.54) is 44.1 Å². The van der Waals surface area contributed by atoms with E-state index < -0.39 is 106 Å². The highest BCUT2D eigenvalue weighted by molar-refractivity contribution is 6.24. The minimum absolute atomic E-state index is 0.0258. The lowest BCUT2D eigenvalue weighted by Crippen LogP contribution is -2.65. The average Bonchev–Trinajstić information content (AvgIpc) is 2.95. The van der Waals surface area contributed by atoms with Gasteiger partial charge in [0, 0.05) is 17.4 Å². The Balaban J connectivity index is 0.000000375. The molecule has 0 aliphatic heterocycles. The number of aldehydes is 1. The van der Waals surface area contributed by atoms with Crippen LogP contribution in [0, 0.1) is 11.8 Å². The van der Waals surface area contributed by atoms with Gasteiger partial charge in [-0.2, -0.15) is 0 Å². The number of nitrogens with two attached hydrogens (primary N) is 1. The minimum Gasteiger partial charge on any atom is -0.510 e. The van der Waals surface area contributed by atoms with Crippen LogP contribution in [-0.4, -0.2) is 136 Å². The molecular weight excluding hydrogens is 588 g/mol. The standard InChI is InChI=1S/C22H24N2O8.C6H12O6/c1-21(31)8-5-4-6-11(25)12(8)16(26)13-9(21)7-10-15(24(2)3)17(27)14(20(23)30)19(29)22(10,32)18(13)28;7-1-3(9)5(11)6(12)4(10)2-8/h4-6,9-10,15,25,27-28,31-32H,7H2,1-3H3,(H2,23,30);1,3-6,8-12H,2H2/t9-,10-,15-,21+,22-;3-,4+,5+,6+/m00/s1. The van der Waals surface area contributed by atoms with Crippen LogP contribution in [0.1, 0.15) is 29.3 Å². The van der Waals surface area contributed by atoms with Crippen molar-refractivity contribution in [2.24, 2.45) is 17.6 Å². The van der Waals surface area contributed by atoms with Gasteiger partial charge in [0.1, 0.15) is 47.3 Å². The van der Waals surface area contributed by atoms with Crippen molar-refractivity contribution in [1.29, 1.82) is 0 Å². The summed E-state index contributed by atoms with van der Waals surface area (Å²) >= 11 is 0. The largest absolute Gasteiger partial charge is 0.510 e. The summed E-state index contributed by atoms with van der Waals surface area (Å²) in [5.74, 6) is -7.89. The van der Waals surface area contributed by atoms with E-state index in [-0.39, 0.29) is 23.8 Å². The van der Waals surface area contributed by atoms with Crippen molar-refractivity contribution in [2.45, 2.75) is 55.0 Å². The lowest BCUT2D eigenvalue weighted by molar-refractivity contribution is -0.152. The van der Waals surface area contributed by atoms with Crippen molar-refractivity contribution in [3.05, 3.63) is 52.0 Å². The molecule has 3 aliphatic carbocycles. The molecule has 0 spiro atoms. The number of carbonyl (C=O) groups is 4. The molecule has 0 fully saturated rings. The van der Waals surface area contributed by atoms with Crippen LogP contribution in [0.3, 0.4) is 0 Å². The van der Waals surface area contributed by atoms with Crippen molar-refractivity contribution in [3.63, 3.8) is 0 Å². The number of aliphatic hydroxyl groups is 9. The Morgan fingerprint density at radius 2 is 1.68 bits per heavy atom. The number of benzene rings is 1. The first-order valence-electron chi connectivity index (χ1n) is 13.3. The molecule has 16 nitrogen and oxygen atoms in total. The zero-order chi connectivity index (χ0) is 33.6. The molecule has 3 aliphatic rings. The van der Waals surface area contributed by atoms with Crippen molar-refractivity contribution < 1.29 is 70.2 Å². The summed E-state index contributed by atoms with van der Waals surface area (Å²) in [4.78, 5) is 49.8. The number of phenolic OH excluding ortho intramolecular Hbond substituents is 1. The summed E-state index contributed by atoms with van der Waals surface area (Å²) < 4.78 is 0. The summed E-state index contributed by atoms with van der Waals surface area (Å²) in [5.41, 5.74) is -0.654. The number of carbonyl (C=O) groups excluding carboxylic acids is 4. The maximum atomic E-state index is 13.3. The van der Waals surface area contributed by atoms with Gasteiger partial charge in [-0.25, -0.2) is 0 Å². The summed E-state index contributed by atoms with van der Waals surface area (Å²) in [6, 6.07) is 3.05. The molecular formula is C28H36N2O14. The monoisotopic (exact) mass is 624 g/mol. The highest BCUT2D eigenvalue weighted by Gasteiger charge is 2.65. The topological polar surface area (TPSA) is 300 Å². The Bertz CT molecular complexity index is 1420. The van der Waals surface area contributed by atoms with Crippen molar-refractivity contribution in [3.8, 4) is 5.75 Å². The molecule has 9 atom stereocenters. The molecule has 0 saturated heterocycles. The number of primary amides is 1. The third-order valence-electron chi connectivity index (χ3n) is 8.44. The number of phenols is 1. The highest BCUT2D eigenvalue weighted by atomic mass is 16.4. The predicted octanol–water partition coefficient (Wildman–Crippen LogP) is -3.59. The maximum Gasteiger partial charge on any atom is 0.255 e. The molecule has 12 N–H and O–H groups in total. The first-order chi connectivity index (χ1) is 20.3. The molecule has 1 amide bonds. The fourth-order valence-electron chi connectivity index (χ4n) is 6.13. The van der Waals surface area contributed by atoms with Gasteiger partial charge in [0.25, 0.3) is 5.91 Å². The van der Waals surface area contributed by atoms with E-state index in [0.29, 0.717) is 0 Å². The van der Waals surface area contributed by atoms with Gasteiger partial charge in [0.2, 0.25) is 5.78 Å². The third-order valence-corrected chi connectivity index (χ3v) is 8.44. The van der Waals surface area contributed by atoms with Crippen molar-refractivity contribution in [2.75, 3.05) is 20.7 Å². The molecule has 0 heterocycles. The van der Waals surface area contributed by atoms with Gasteiger partial charge in [0.15, 0.2) is 17.7 Å². The second-order valence-corrected chi connectivity index (χ2v) is 11.3. The molecule has 0 aromatic heterocycles. The van der Waals surface area contributed by atoms with Gasteiger partial charge < -0.3 is 61.6 Å². The van der Waals surface area contributed by atoms with E-state index in [2.05, 4.69) is 0 Å². The lowest BCUT2D eigenvalue weighted by Gasteiger charge is -2.52. The molecule has 1 aromatic rings. The van der Waals surface area contributed by atoms with E-state index in [0.717, 1.165) is 0 Å². The number of ketones is 2. The number of amides is 1. The fourth-order valence-corrected chi connectivity index (χ4v) is 6.13. The zero-order valence-electron chi connectivity index (χ0n) is 23.9. The van der Waals surface area contributed by atoms with Gasteiger partial charge >= 0.3 is 0 Å². The third kappa shape index (κ3) is 5.28. The number of hydrogen-bond donors (Lipinski definition) is 11. The van der Waals surface area contributed by atoms with E-state index in [9.17, 15) is 44.7 Å².